The maximum absolute atomic E-state index is 12.9. The fraction of sp³-hybridized carbons (Fsp3) is 0.562. The zero-order chi connectivity index (χ0) is 20.0. The molecule has 0 saturated carbocycles. The minimum atomic E-state index is -0.668. The standard InChI is InChI=1S/C16H26N8O3/c1-4-5-6-7-11(8-23(27)10-25)15(26)24(17)16-20-13-12(18-9-19-13)14(21-16)22(2)3/h9-11,27H,4-8,17H2,1-3H3,(H,18,19,20,21)/t11-/m1/s1. The summed E-state index contributed by atoms with van der Waals surface area (Å²) in [6.45, 7) is 1.90. The van der Waals surface area contributed by atoms with Gasteiger partial charge in [0.2, 0.25) is 12.3 Å². The Hall–Kier alpha value is -2.79. The number of anilines is 2. The van der Waals surface area contributed by atoms with Gasteiger partial charge in [-0.1, -0.05) is 26.2 Å². The van der Waals surface area contributed by atoms with Crippen LogP contribution in [0.1, 0.15) is 32.6 Å². The molecule has 0 saturated heterocycles. The van der Waals surface area contributed by atoms with Crippen molar-refractivity contribution in [1.82, 2.24) is 25.0 Å². The number of rotatable bonds is 10. The van der Waals surface area contributed by atoms with E-state index in [2.05, 4.69) is 19.9 Å². The van der Waals surface area contributed by atoms with Gasteiger partial charge in [0.15, 0.2) is 11.5 Å². The van der Waals surface area contributed by atoms with Crippen LogP contribution in [-0.2, 0) is 9.59 Å². The fourth-order valence-corrected chi connectivity index (χ4v) is 2.74. The van der Waals surface area contributed by atoms with Crippen molar-refractivity contribution in [3.63, 3.8) is 0 Å². The molecular formula is C16H26N8O3. The SMILES string of the molecule is CCCCC[C@H](CN(O)C=O)C(=O)N(N)c1nc(N(C)C)c2[nH]cnc2n1. The van der Waals surface area contributed by atoms with E-state index < -0.39 is 11.8 Å². The van der Waals surface area contributed by atoms with E-state index in [4.69, 9.17) is 5.84 Å². The molecule has 0 aromatic carbocycles. The van der Waals surface area contributed by atoms with Crippen LogP contribution >= 0.6 is 0 Å². The lowest BCUT2D eigenvalue weighted by Crippen LogP contribution is -2.46. The molecule has 2 aromatic rings. The van der Waals surface area contributed by atoms with Crippen molar-refractivity contribution in [1.29, 1.82) is 0 Å². The number of aromatic amines is 1. The normalized spacial score (nSPS) is 12.0. The summed E-state index contributed by atoms with van der Waals surface area (Å²) in [7, 11) is 3.60. The molecule has 148 valence electrons. The highest BCUT2D eigenvalue weighted by Crippen LogP contribution is 2.23. The number of nitrogens with two attached hydrogens (primary N) is 1. The Bertz CT molecular complexity index is 778. The summed E-state index contributed by atoms with van der Waals surface area (Å²) >= 11 is 0. The highest BCUT2D eigenvalue weighted by atomic mass is 16.5. The average Bonchev–Trinajstić information content (AvgIpc) is 3.13. The van der Waals surface area contributed by atoms with Crippen LogP contribution in [0.5, 0.6) is 0 Å². The first kappa shape index (κ1) is 20.5. The second kappa shape index (κ2) is 9.24. The summed E-state index contributed by atoms with van der Waals surface area (Å²) in [4.78, 5) is 41.0. The van der Waals surface area contributed by atoms with Gasteiger partial charge in [-0.2, -0.15) is 9.97 Å². The van der Waals surface area contributed by atoms with Crippen LogP contribution in [0, 0.1) is 5.92 Å². The number of carbonyl (C=O) groups excluding carboxylic acids is 2. The number of hydrogen-bond acceptors (Lipinski definition) is 8. The predicted octanol–water partition coefficient (Wildman–Crippen LogP) is 0.670. The molecule has 4 N–H and O–H groups in total. The summed E-state index contributed by atoms with van der Waals surface area (Å²) < 4.78 is 0. The van der Waals surface area contributed by atoms with Gasteiger partial charge in [-0.05, 0) is 6.42 Å². The van der Waals surface area contributed by atoms with E-state index >= 15 is 0 Å². The van der Waals surface area contributed by atoms with Crippen molar-refractivity contribution in [2.45, 2.75) is 32.6 Å². The molecule has 0 fully saturated rings. The molecule has 0 bridgehead atoms. The Morgan fingerprint density at radius 1 is 1.37 bits per heavy atom. The van der Waals surface area contributed by atoms with E-state index in [1.54, 1.807) is 19.0 Å². The second-order valence-corrected chi connectivity index (χ2v) is 6.47. The molecule has 2 amide bonds. The van der Waals surface area contributed by atoms with Gasteiger partial charge in [-0.15, -0.1) is 0 Å². The van der Waals surface area contributed by atoms with Gasteiger partial charge in [-0.3, -0.25) is 14.8 Å². The minimum Gasteiger partial charge on any atom is -0.361 e. The molecule has 0 radical (unpaired) electrons. The Morgan fingerprint density at radius 3 is 2.74 bits per heavy atom. The Morgan fingerprint density at radius 2 is 2.11 bits per heavy atom. The molecule has 0 aliphatic carbocycles. The smallest absolute Gasteiger partial charge is 0.251 e. The largest absolute Gasteiger partial charge is 0.361 e. The van der Waals surface area contributed by atoms with Gasteiger partial charge in [-0.25, -0.2) is 20.9 Å². The van der Waals surface area contributed by atoms with E-state index in [-0.39, 0.29) is 18.9 Å². The molecule has 1 atom stereocenters. The summed E-state index contributed by atoms with van der Waals surface area (Å²) in [5.74, 6) is 5.39. The van der Waals surface area contributed by atoms with Gasteiger partial charge >= 0.3 is 0 Å². The molecule has 2 heterocycles. The number of hydroxylamine groups is 2. The van der Waals surface area contributed by atoms with E-state index in [0.29, 0.717) is 28.5 Å². The van der Waals surface area contributed by atoms with Gasteiger partial charge in [0, 0.05) is 14.1 Å². The number of fused-ring (bicyclic) bond motifs is 1. The summed E-state index contributed by atoms with van der Waals surface area (Å²) in [6.07, 6.45) is 4.92. The number of imidazole rings is 1. The predicted molar refractivity (Wildman–Crippen MR) is 99.9 cm³/mol. The number of hydrazine groups is 1. The van der Waals surface area contributed by atoms with Crippen molar-refractivity contribution >= 4 is 35.2 Å². The summed E-state index contributed by atoms with van der Waals surface area (Å²) in [5, 5.41) is 10.8. The highest BCUT2D eigenvalue weighted by Gasteiger charge is 2.27. The lowest BCUT2D eigenvalue weighted by molar-refractivity contribution is -0.154. The fourth-order valence-electron chi connectivity index (χ4n) is 2.74. The third kappa shape index (κ3) is 4.89. The maximum Gasteiger partial charge on any atom is 0.251 e. The van der Waals surface area contributed by atoms with Crippen molar-refractivity contribution in [3.05, 3.63) is 6.33 Å². The average molecular weight is 378 g/mol. The molecule has 2 rings (SSSR count). The third-order valence-electron chi connectivity index (χ3n) is 4.17. The van der Waals surface area contributed by atoms with Crippen molar-refractivity contribution in [2.24, 2.45) is 11.8 Å². The van der Waals surface area contributed by atoms with Crippen LogP contribution in [0.2, 0.25) is 0 Å². The zero-order valence-corrected chi connectivity index (χ0v) is 15.8. The van der Waals surface area contributed by atoms with Crippen LogP contribution in [0.3, 0.4) is 0 Å². The van der Waals surface area contributed by atoms with Crippen LogP contribution in [0.15, 0.2) is 6.33 Å². The number of carbonyl (C=O) groups is 2. The van der Waals surface area contributed by atoms with Crippen molar-refractivity contribution < 1.29 is 14.8 Å². The molecule has 11 heteroatoms. The van der Waals surface area contributed by atoms with Gasteiger partial charge in [0.1, 0.15) is 5.52 Å². The highest BCUT2D eigenvalue weighted by molar-refractivity contribution is 5.94. The van der Waals surface area contributed by atoms with Gasteiger partial charge in [0.25, 0.3) is 5.95 Å². The number of unbranched alkanes of at least 4 members (excludes halogenated alkanes) is 2. The van der Waals surface area contributed by atoms with E-state index in [1.165, 1.54) is 6.33 Å². The number of nitrogens with one attached hydrogen (secondary N) is 1. The monoisotopic (exact) mass is 378 g/mol. The Balaban J connectivity index is 2.29. The number of nitrogens with zero attached hydrogens (tertiary/aromatic N) is 6. The second-order valence-electron chi connectivity index (χ2n) is 6.47. The molecular weight excluding hydrogens is 352 g/mol. The molecule has 0 spiro atoms. The maximum atomic E-state index is 12.9. The zero-order valence-electron chi connectivity index (χ0n) is 15.8. The molecule has 11 nitrogen and oxygen atoms in total. The summed E-state index contributed by atoms with van der Waals surface area (Å²) in [6, 6.07) is 0. The van der Waals surface area contributed by atoms with Crippen molar-refractivity contribution in [2.75, 3.05) is 30.5 Å². The quantitative estimate of drug-likeness (QED) is 0.137. The first-order valence-corrected chi connectivity index (χ1v) is 8.76. The van der Waals surface area contributed by atoms with E-state index in [1.807, 2.05) is 6.92 Å². The molecule has 27 heavy (non-hydrogen) atoms. The molecule has 0 aliphatic heterocycles. The van der Waals surface area contributed by atoms with Gasteiger partial charge in [0.05, 0.1) is 18.8 Å². The topological polar surface area (TPSA) is 145 Å². The number of H-pyrrole nitrogens is 1. The number of aromatic nitrogens is 4. The van der Waals surface area contributed by atoms with Crippen LogP contribution < -0.4 is 15.8 Å². The van der Waals surface area contributed by atoms with Crippen LogP contribution in [0.25, 0.3) is 11.2 Å². The van der Waals surface area contributed by atoms with E-state index in [9.17, 15) is 14.8 Å². The Kier molecular flexibility index (Phi) is 7.02. The molecule has 0 unspecified atom stereocenters. The lowest BCUT2D eigenvalue weighted by Gasteiger charge is -2.24. The van der Waals surface area contributed by atoms with Crippen LogP contribution in [-0.4, -0.2) is 63.2 Å². The Labute approximate surface area is 157 Å². The lowest BCUT2D eigenvalue weighted by atomic mass is 10.00. The third-order valence-corrected chi connectivity index (χ3v) is 4.17. The van der Waals surface area contributed by atoms with Crippen LogP contribution in [0.4, 0.5) is 11.8 Å². The first-order valence-electron chi connectivity index (χ1n) is 8.76. The van der Waals surface area contributed by atoms with Crippen molar-refractivity contribution in [3.8, 4) is 0 Å². The first-order chi connectivity index (χ1) is 12.9. The summed E-state index contributed by atoms with van der Waals surface area (Å²) in [5.41, 5.74) is 1.01. The molecule has 0 aliphatic rings. The number of hydrogen-bond donors (Lipinski definition) is 3. The molecule has 2 aromatic heterocycles. The van der Waals surface area contributed by atoms with E-state index in [0.717, 1.165) is 24.3 Å². The van der Waals surface area contributed by atoms with Gasteiger partial charge < -0.3 is 9.88 Å². The number of amides is 2. The minimum absolute atomic E-state index is 0.000570.